The van der Waals surface area contributed by atoms with Crippen LogP contribution in [-0.4, -0.2) is 25.7 Å². The van der Waals surface area contributed by atoms with Crippen LogP contribution in [0.25, 0.3) is 11.0 Å². The number of rotatable bonds is 10. The molecule has 2 aromatic heterocycles. The first-order valence-corrected chi connectivity index (χ1v) is 11.6. The second-order valence-corrected chi connectivity index (χ2v) is 8.17. The summed E-state index contributed by atoms with van der Waals surface area (Å²) in [6.07, 6.45) is 1.88. The van der Waals surface area contributed by atoms with Crippen molar-refractivity contribution in [3.05, 3.63) is 87.9 Å². The Morgan fingerprint density at radius 2 is 1.79 bits per heavy atom. The van der Waals surface area contributed by atoms with Crippen molar-refractivity contribution in [2.24, 2.45) is 0 Å². The Kier molecular flexibility index (Phi) is 7.47. The topological polar surface area (TPSA) is 100 Å². The summed E-state index contributed by atoms with van der Waals surface area (Å²) < 4.78 is 12.4. The van der Waals surface area contributed by atoms with Crippen LogP contribution in [-0.2, 0) is 35.3 Å². The van der Waals surface area contributed by atoms with Crippen molar-refractivity contribution in [2.45, 2.75) is 58.6 Å². The Bertz CT molecular complexity index is 1310. The minimum atomic E-state index is -0.655. The highest BCUT2D eigenvalue weighted by atomic mass is 16.6. The van der Waals surface area contributed by atoms with Gasteiger partial charge in [0.2, 0.25) is 0 Å². The number of para-hydroxylation sites is 2. The van der Waals surface area contributed by atoms with Crippen molar-refractivity contribution < 1.29 is 14.1 Å². The molecule has 4 rings (SSSR count). The standard InChI is InChI=1S/C26H28N4O4/c1-3-9-23-28-25(34-29-23)18(2)33-24(31)15-14-21-26(32)30(17-16-19-10-5-4-6-11-19)22-13-8-7-12-20(22)27-21/h4-8,10-13,18H,3,9,14-17H2,1-2H3. The lowest BCUT2D eigenvalue weighted by molar-refractivity contribution is -0.149. The predicted octanol–water partition coefficient (Wildman–Crippen LogP) is 4.21. The van der Waals surface area contributed by atoms with E-state index in [1.54, 1.807) is 11.5 Å². The van der Waals surface area contributed by atoms with E-state index < -0.39 is 12.1 Å². The first-order chi connectivity index (χ1) is 16.5. The van der Waals surface area contributed by atoms with Crippen LogP contribution in [0.3, 0.4) is 0 Å². The maximum atomic E-state index is 13.2. The molecule has 0 saturated carbocycles. The normalized spacial score (nSPS) is 12.1. The van der Waals surface area contributed by atoms with Gasteiger partial charge in [-0.25, -0.2) is 4.98 Å². The lowest BCUT2D eigenvalue weighted by Crippen LogP contribution is -2.27. The van der Waals surface area contributed by atoms with E-state index in [-0.39, 0.29) is 24.3 Å². The minimum Gasteiger partial charge on any atom is -0.453 e. The molecular weight excluding hydrogens is 432 g/mol. The first kappa shape index (κ1) is 23.4. The van der Waals surface area contributed by atoms with Crippen molar-refractivity contribution in [3.63, 3.8) is 0 Å². The number of hydrogen-bond acceptors (Lipinski definition) is 7. The lowest BCUT2D eigenvalue weighted by Gasteiger charge is -2.13. The summed E-state index contributed by atoms with van der Waals surface area (Å²) in [4.78, 5) is 34.5. The van der Waals surface area contributed by atoms with Gasteiger partial charge in [-0.15, -0.1) is 0 Å². The zero-order chi connectivity index (χ0) is 23.9. The van der Waals surface area contributed by atoms with Gasteiger partial charge in [-0.1, -0.05) is 54.5 Å². The fraction of sp³-hybridized carbons (Fsp3) is 0.346. The summed E-state index contributed by atoms with van der Waals surface area (Å²) in [6.45, 7) is 4.24. The van der Waals surface area contributed by atoms with Gasteiger partial charge >= 0.3 is 5.97 Å². The molecule has 0 radical (unpaired) electrons. The largest absolute Gasteiger partial charge is 0.453 e. The molecule has 1 atom stereocenters. The quantitative estimate of drug-likeness (QED) is 0.327. The number of hydrogen-bond donors (Lipinski definition) is 0. The van der Waals surface area contributed by atoms with E-state index >= 15 is 0 Å². The van der Waals surface area contributed by atoms with Crippen molar-refractivity contribution in [3.8, 4) is 0 Å². The Morgan fingerprint density at radius 1 is 1.03 bits per heavy atom. The van der Waals surface area contributed by atoms with Gasteiger partial charge < -0.3 is 13.8 Å². The summed E-state index contributed by atoms with van der Waals surface area (Å²) in [5.41, 5.74) is 2.82. The summed E-state index contributed by atoms with van der Waals surface area (Å²) in [5.74, 6) is 0.411. The highest BCUT2D eigenvalue weighted by molar-refractivity contribution is 5.75. The highest BCUT2D eigenvalue weighted by Gasteiger charge is 2.19. The Hall–Kier alpha value is -3.81. The number of esters is 1. The van der Waals surface area contributed by atoms with E-state index in [0.29, 0.717) is 24.5 Å². The molecule has 176 valence electrons. The summed E-state index contributed by atoms with van der Waals surface area (Å²) >= 11 is 0. The molecule has 0 bridgehead atoms. The average molecular weight is 461 g/mol. The van der Waals surface area contributed by atoms with Crippen LogP contribution >= 0.6 is 0 Å². The van der Waals surface area contributed by atoms with Crippen molar-refractivity contribution in [1.29, 1.82) is 0 Å². The van der Waals surface area contributed by atoms with Crippen molar-refractivity contribution in [2.75, 3.05) is 0 Å². The van der Waals surface area contributed by atoms with Gasteiger partial charge in [0.15, 0.2) is 11.9 Å². The molecule has 0 aliphatic carbocycles. The SMILES string of the molecule is CCCc1noc(C(C)OC(=O)CCc2nc3ccccc3n(CCc3ccccc3)c2=O)n1. The number of carbonyl (C=O) groups is 1. The molecule has 8 heteroatoms. The molecule has 2 aromatic carbocycles. The molecule has 34 heavy (non-hydrogen) atoms. The number of nitrogens with zero attached hydrogens (tertiary/aromatic N) is 4. The maximum Gasteiger partial charge on any atom is 0.306 e. The van der Waals surface area contributed by atoms with Crippen LogP contribution in [0.4, 0.5) is 0 Å². The first-order valence-electron chi connectivity index (χ1n) is 11.6. The lowest BCUT2D eigenvalue weighted by atomic mass is 10.1. The summed E-state index contributed by atoms with van der Waals surface area (Å²) in [7, 11) is 0. The monoisotopic (exact) mass is 460 g/mol. The molecule has 1 unspecified atom stereocenters. The fourth-order valence-electron chi connectivity index (χ4n) is 3.80. The highest BCUT2D eigenvalue weighted by Crippen LogP contribution is 2.17. The van der Waals surface area contributed by atoms with Crippen LogP contribution in [0.1, 0.15) is 55.8 Å². The third-order valence-corrected chi connectivity index (χ3v) is 5.57. The third kappa shape index (κ3) is 5.57. The molecule has 0 amide bonds. The zero-order valence-corrected chi connectivity index (χ0v) is 19.4. The second kappa shape index (κ2) is 10.9. The number of benzene rings is 2. The van der Waals surface area contributed by atoms with E-state index in [0.717, 1.165) is 29.4 Å². The van der Waals surface area contributed by atoms with Gasteiger partial charge in [-0.2, -0.15) is 4.98 Å². The van der Waals surface area contributed by atoms with Crippen LogP contribution in [0.5, 0.6) is 0 Å². The summed E-state index contributed by atoms with van der Waals surface area (Å²) in [5, 5.41) is 3.89. The van der Waals surface area contributed by atoms with E-state index in [9.17, 15) is 9.59 Å². The third-order valence-electron chi connectivity index (χ3n) is 5.57. The molecule has 0 spiro atoms. The molecule has 8 nitrogen and oxygen atoms in total. The molecule has 0 aliphatic rings. The smallest absolute Gasteiger partial charge is 0.306 e. The summed E-state index contributed by atoms with van der Waals surface area (Å²) in [6, 6.07) is 17.6. The molecule has 2 heterocycles. The Labute approximate surface area is 197 Å². The van der Waals surface area contributed by atoms with E-state index in [4.69, 9.17) is 9.26 Å². The number of fused-ring (bicyclic) bond motifs is 1. The second-order valence-electron chi connectivity index (χ2n) is 8.17. The zero-order valence-electron chi connectivity index (χ0n) is 19.4. The number of aromatic nitrogens is 4. The van der Waals surface area contributed by atoms with Gasteiger partial charge in [-0.3, -0.25) is 9.59 Å². The van der Waals surface area contributed by atoms with Crippen LogP contribution in [0, 0.1) is 0 Å². The van der Waals surface area contributed by atoms with Crippen LogP contribution in [0.15, 0.2) is 63.9 Å². The molecule has 4 aromatic rings. The van der Waals surface area contributed by atoms with Gasteiger partial charge in [-0.05, 0) is 37.5 Å². The number of aryl methyl sites for hydroxylation is 4. The van der Waals surface area contributed by atoms with Crippen molar-refractivity contribution in [1.82, 2.24) is 19.7 Å². The van der Waals surface area contributed by atoms with E-state index in [1.807, 2.05) is 61.5 Å². The fourth-order valence-corrected chi connectivity index (χ4v) is 3.80. The minimum absolute atomic E-state index is 0.0273. The van der Waals surface area contributed by atoms with Gasteiger partial charge in [0.05, 0.1) is 17.5 Å². The molecule has 0 saturated heterocycles. The number of carbonyl (C=O) groups excluding carboxylic acids is 1. The molecular formula is C26H28N4O4. The van der Waals surface area contributed by atoms with Crippen LogP contribution < -0.4 is 5.56 Å². The molecule has 0 fully saturated rings. The predicted molar refractivity (Wildman–Crippen MR) is 127 cm³/mol. The van der Waals surface area contributed by atoms with Crippen LogP contribution in [0.2, 0.25) is 0 Å². The van der Waals surface area contributed by atoms with Gasteiger partial charge in [0.1, 0.15) is 5.69 Å². The maximum absolute atomic E-state index is 13.2. The molecule has 0 aliphatic heterocycles. The Morgan fingerprint density at radius 3 is 2.59 bits per heavy atom. The van der Waals surface area contributed by atoms with Crippen molar-refractivity contribution >= 4 is 17.0 Å². The Balaban J connectivity index is 1.46. The van der Waals surface area contributed by atoms with E-state index in [1.165, 1.54) is 0 Å². The average Bonchev–Trinajstić information content (AvgIpc) is 3.32. The van der Waals surface area contributed by atoms with E-state index in [2.05, 4.69) is 15.1 Å². The van der Waals surface area contributed by atoms with Gasteiger partial charge in [0.25, 0.3) is 11.4 Å². The molecule has 0 N–H and O–H groups in total. The number of ether oxygens (including phenoxy) is 1. The van der Waals surface area contributed by atoms with Gasteiger partial charge in [0, 0.05) is 19.4 Å².